The minimum Gasteiger partial charge on any atom is -0.481 e. The Morgan fingerprint density at radius 1 is 1.48 bits per heavy atom. The van der Waals surface area contributed by atoms with Crippen LogP contribution >= 0.6 is 11.8 Å². The van der Waals surface area contributed by atoms with E-state index in [-0.39, 0.29) is 12.6 Å². The predicted molar refractivity (Wildman–Crippen MR) is 85.1 cm³/mol. The number of anilines is 1. The Morgan fingerprint density at radius 2 is 2.19 bits per heavy atom. The summed E-state index contributed by atoms with van der Waals surface area (Å²) in [6.45, 7) is 2.86. The SMILES string of the molecule is CSCC(C)CNC(=O)N1CC(C(=O)O)c2ccccc21. The standard InChI is InChI=1S/C15H20N2O3S/c1-10(9-21-2)7-16-15(20)17-8-12(14(18)19)11-5-3-4-6-13(11)17/h3-6,10,12H,7-9H2,1-2H3,(H,16,20)(H,18,19). The Hall–Kier alpha value is -1.69. The first-order valence-corrected chi connectivity index (χ1v) is 8.30. The fourth-order valence-corrected chi connectivity index (χ4v) is 3.20. The number of fused-ring (bicyclic) bond motifs is 1. The molecule has 2 atom stereocenters. The smallest absolute Gasteiger partial charge is 0.321 e. The summed E-state index contributed by atoms with van der Waals surface area (Å²) < 4.78 is 0. The summed E-state index contributed by atoms with van der Waals surface area (Å²) in [5.74, 6) is -0.171. The minimum atomic E-state index is -0.895. The van der Waals surface area contributed by atoms with Crippen molar-refractivity contribution >= 4 is 29.4 Å². The van der Waals surface area contributed by atoms with Crippen molar-refractivity contribution in [2.24, 2.45) is 5.92 Å². The second kappa shape index (κ2) is 6.85. The van der Waals surface area contributed by atoms with E-state index in [1.54, 1.807) is 30.0 Å². The highest BCUT2D eigenvalue weighted by Gasteiger charge is 2.36. The van der Waals surface area contributed by atoms with Gasteiger partial charge in [-0.1, -0.05) is 25.1 Å². The van der Waals surface area contributed by atoms with Gasteiger partial charge in [-0.3, -0.25) is 9.69 Å². The molecule has 0 radical (unpaired) electrons. The van der Waals surface area contributed by atoms with Crippen molar-refractivity contribution in [2.45, 2.75) is 12.8 Å². The van der Waals surface area contributed by atoms with Crippen LogP contribution in [0.3, 0.4) is 0 Å². The number of hydrogen-bond acceptors (Lipinski definition) is 3. The van der Waals surface area contributed by atoms with Crippen molar-refractivity contribution in [1.82, 2.24) is 5.32 Å². The van der Waals surface area contributed by atoms with Gasteiger partial charge in [-0.05, 0) is 29.6 Å². The van der Waals surface area contributed by atoms with Crippen molar-refractivity contribution in [3.05, 3.63) is 29.8 Å². The minimum absolute atomic E-state index is 0.192. The highest BCUT2D eigenvalue weighted by atomic mass is 32.2. The van der Waals surface area contributed by atoms with Crippen LogP contribution in [0.25, 0.3) is 0 Å². The van der Waals surface area contributed by atoms with E-state index in [4.69, 9.17) is 0 Å². The topological polar surface area (TPSA) is 69.6 Å². The quantitative estimate of drug-likeness (QED) is 0.876. The zero-order valence-electron chi connectivity index (χ0n) is 12.2. The van der Waals surface area contributed by atoms with Crippen molar-refractivity contribution < 1.29 is 14.7 Å². The molecule has 0 spiro atoms. The highest BCUT2D eigenvalue weighted by Crippen LogP contribution is 2.36. The largest absolute Gasteiger partial charge is 0.481 e. The number of rotatable bonds is 5. The van der Waals surface area contributed by atoms with Gasteiger partial charge >= 0.3 is 12.0 Å². The van der Waals surface area contributed by atoms with E-state index < -0.39 is 11.9 Å². The Morgan fingerprint density at radius 3 is 2.86 bits per heavy atom. The molecule has 2 unspecified atom stereocenters. The molecule has 0 aliphatic carbocycles. The summed E-state index contributed by atoms with van der Waals surface area (Å²) in [7, 11) is 0. The van der Waals surface area contributed by atoms with Crippen LogP contribution in [-0.4, -0.2) is 42.2 Å². The molecular weight excluding hydrogens is 288 g/mol. The molecule has 114 valence electrons. The second-order valence-corrected chi connectivity index (χ2v) is 6.22. The first-order valence-electron chi connectivity index (χ1n) is 6.90. The van der Waals surface area contributed by atoms with Crippen LogP contribution < -0.4 is 10.2 Å². The molecule has 5 nitrogen and oxygen atoms in total. The number of urea groups is 1. The van der Waals surface area contributed by atoms with Crippen LogP contribution in [0.1, 0.15) is 18.4 Å². The molecular formula is C15H20N2O3S. The molecule has 21 heavy (non-hydrogen) atoms. The van der Waals surface area contributed by atoms with Crippen molar-refractivity contribution in [3.63, 3.8) is 0 Å². The Kier molecular flexibility index (Phi) is 5.12. The average molecular weight is 308 g/mol. The van der Waals surface area contributed by atoms with E-state index in [0.717, 1.165) is 5.75 Å². The van der Waals surface area contributed by atoms with Crippen LogP contribution in [0.15, 0.2) is 24.3 Å². The molecule has 0 bridgehead atoms. The number of carbonyl (C=O) groups is 2. The number of carboxylic acids is 1. The van der Waals surface area contributed by atoms with Crippen LogP contribution in [-0.2, 0) is 4.79 Å². The molecule has 1 aromatic carbocycles. The van der Waals surface area contributed by atoms with Gasteiger partial charge in [0, 0.05) is 18.8 Å². The van der Waals surface area contributed by atoms with E-state index in [0.29, 0.717) is 23.7 Å². The molecule has 0 aromatic heterocycles. The molecule has 6 heteroatoms. The number of nitrogens with zero attached hydrogens (tertiary/aromatic N) is 1. The number of thioether (sulfide) groups is 1. The van der Waals surface area contributed by atoms with E-state index in [1.165, 1.54) is 4.90 Å². The zero-order chi connectivity index (χ0) is 15.4. The lowest BCUT2D eigenvalue weighted by Gasteiger charge is -2.20. The van der Waals surface area contributed by atoms with Crippen molar-refractivity contribution in [2.75, 3.05) is 30.0 Å². The molecule has 1 heterocycles. The maximum Gasteiger partial charge on any atom is 0.321 e. The fraction of sp³-hybridized carbons (Fsp3) is 0.467. The molecule has 0 saturated heterocycles. The summed E-state index contributed by atoms with van der Waals surface area (Å²) >= 11 is 1.74. The number of aliphatic carboxylic acids is 1. The Bertz CT molecular complexity index is 535. The highest BCUT2D eigenvalue weighted by molar-refractivity contribution is 7.98. The maximum absolute atomic E-state index is 12.3. The summed E-state index contributed by atoms with van der Waals surface area (Å²) in [6.07, 6.45) is 2.03. The number of carbonyl (C=O) groups excluding carboxylic acids is 1. The maximum atomic E-state index is 12.3. The normalized spacial score (nSPS) is 18.2. The fourth-order valence-electron chi connectivity index (χ4n) is 2.51. The van der Waals surface area contributed by atoms with E-state index in [1.807, 2.05) is 12.3 Å². The Labute approximate surface area is 128 Å². The van der Waals surface area contributed by atoms with Crippen molar-refractivity contribution in [3.8, 4) is 0 Å². The summed E-state index contributed by atoms with van der Waals surface area (Å²) in [5, 5.41) is 12.2. The van der Waals surface area contributed by atoms with Crippen LogP contribution in [0.2, 0.25) is 0 Å². The first-order chi connectivity index (χ1) is 10.0. The van der Waals surface area contributed by atoms with Crippen LogP contribution in [0.4, 0.5) is 10.5 Å². The average Bonchev–Trinajstić information content (AvgIpc) is 2.85. The lowest BCUT2D eigenvalue weighted by molar-refractivity contribution is -0.138. The number of para-hydroxylation sites is 1. The molecule has 0 fully saturated rings. The van der Waals surface area contributed by atoms with Gasteiger partial charge in [0.15, 0.2) is 0 Å². The molecule has 2 amide bonds. The van der Waals surface area contributed by atoms with Gasteiger partial charge in [0.25, 0.3) is 0 Å². The Balaban J connectivity index is 2.07. The summed E-state index contributed by atoms with van der Waals surface area (Å²) in [6, 6.07) is 6.97. The molecule has 1 aromatic rings. The molecule has 2 N–H and O–H groups in total. The molecule has 2 rings (SSSR count). The summed E-state index contributed by atoms with van der Waals surface area (Å²) in [5.41, 5.74) is 1.40. The number of carboxylic acid groups (broad SMARTS) is 1. The van der Waals surface area contributed by atoms with Crippen molar-refractivity contribution in [1.29, 1.82) is 0 Å². The first kappa shape index (κ1) is 15.7. The number of amides is 2. The van der Waals surface area contributed by atoms with E-state index in [2.05, 4.69) is 12.2 Å². The lowest BCUT2D eigenvalue weighted by Crippen LogP contribution is -2.41. The van der Waals surface area contributed by atoms with Gasteiger partial charge in [-0.25, -0.2) is 4.79 Å². The zero-order valence-corrected chi connectivity index (χ0v) is 13.0. The second-order valence-electron chi connectivity index (χ2n) is 5.31. The molecule has 0 saturated carbocycles. The lowest BCUT2D eigenvalue weighted by atomic mass is 10.0. The number of benzene rings is 1. The third-order valence-electron chi connectivity index (χ3n) is 3.56. The van der Waals surface area contributed by atoms with Gasteiger partial charge in [-0.2, -0.15) is 11.8 Å². The van der Waals surface area contributed by atoms with E-state index >= 15 is 0 Å². The van der Waals surface area contributed by atoms with Gasteiger partial charge in [0.1, 0.15) is 5.92 Å². The monoisotopic (exact) mass is 308 g/mol. The van der Waals surface area contributed by atoms with E-state index in [9.17, 15) is 14.7 Å². The van der Waals surface area contributed by atoms with Gasteiger partial charge in [0.05, 0.1) is 0 Å². The van der Waals surface area contributed by atoms with Gasteiger partial charge < -0.3 is 10.4 Å². The van der Waals surface area contributed by atoms with Crippen LogP contribution in [0, 0.1) is 5.92 Å². The molecule has 1 aliphatic rings. The third-order valence-corrected chi connectivity index (χ3v) is 4.47. The summed E-state index contributed by atoms with van der Waals surface area (Å²) in [4.78, 5) is 25.2. The van der Waals surface area contributed by atoms with Crippen LogP contribution in [0.5, 0.6) is 0 Å². The third kappa shape index (κ3) is 3.50. The van der Waals surface area contributed by atoms with Gasteiger partial charge in [0.2, 0.25) is 0 Å². The molecule has 1 aliphatic heterocycles. The van der Waals surface area contributed by atoms with Gasteiger partial charge in [-0.15, -0.1) is 0 Å². The number of nitrogens with one attached hydrogen (secondary N) is 1. The number of hydrogen-bond donors (Lipinski definition) is 2. The predicted octanol–water partition coefficient (Wildman–Crippen LogP) is 2.38.